The van der Waals surface area contributed by atoms with Gasteiger partial charge in [-0.1, -0.05) is 6.07 Å². The van der Waals surface area contributed by atoms with Gasteiger partial charge >= 0.3 is 0 Å². The van der Waals surface area contributed by atoms with Gasteiger partial charge in [-0.2, -0.15) is 0 Å². The van der Waals surface area contributed by atoms with E-state index in [9.17, 15) is 13.2 Å². The third-order valence-corrected chi connectivity index (χ3v) is 4.67. The predicted octanol–water partition coefficient (Wildman–Crippen LogP) is 1.80. The van der Waals surface area contributed by atoms with Crippen molar-refractivity contribution in [2.24, 2.45) is 0 Å². The summed E-state index contributed by atoms with van der Waals surface area (Å²) in [7, 11) is -3.15. The van der Waals surface area contributed by atoms with Crippen LogP contribution < -0.4 is 5.32 Å². The Morgan fingerprint density at radius 2 is 2.17 bits per heavy atom. The van der Waals surface area contributed by atoms with Crippen molar-refractivity contribution in [1.82, 2.24) is 5.32 Å². The third kappa shape index (κ3) is 3.00. The Kier molecular flexibility index (Phi) is 3.59. The van der Waals surface area contributed by atoms with Crippen LogP contribution in [0.4, 0.5) is 0 Å². The first-order valence-corrected chi connectivity index (χ1v) is 7.86. The summed E-state index contributed by atoms with van der Waals surface area (Å²) in [5, 5.41) is 3.82. The summed E-state index contributed by atoms with van der Waals surface area (Å²) >= 11 is 3.32. The Bertz CT molecular complexity index is 622. The quantitative estimate of drug-likeness (QED) is 0.899. The molecule has 2 rings (SSSR count). The molecule has 1 N–H and O–H groups in total. The molecule has 1 unspecified atom stereocenters. The first-order chi connectivity index (χ1) is 8.37. The molecular weight excluding hydrogens is 318 g/mol. The summed E-state index contributed by atoms with van der Waals surface area (Å²) in [6.07, 6.45) is 1.50. The van der Waals surface area contributed by atoms with Gasteiger partial charge in [0.1, 0.15) is 0 Å². The summed E-state index contributed by atoms with van der Waals surface area (Å²) in [4.78, 5) is 12.0. The number of sulfone groups is 1. The number of carbonyl (C=O) groups excluding carboxylic acids is 1. The Labute approximate surface area is 114 Å². The number of aryl methyl sites for hydroxylation is 1. The Hall–Kier alpha value is -1.14. The summed E-state index contributed by atoms with van der Waals surface area (Å²) in [6, 6.07) is 4.94. The second-order valence-electron chi connectivity index (χ2n) is 4.22. The highest BCUT2D eigenvalue weighted by molar-refractivity contribution is 9.10. The number of rotatable bonds is 2. The molecule has 0 saturated heterocycles. The van der Waals surface area contributed by atoms with Gasteiger partial charge in [-0.05, 0) is 46.6 Å². The smallest absolute Gasteiger partial charge is 0.252 e. The van der Waals surface area contributed by atoms with Crippen molar-refractivity contribution in [1.29, 1.82) is 0 Å². The van der Waals surface area contributed by atoms with Crippen LogP contribution in [0.3, 0.4) is 0 Å². The largest absolute Gasteiger partial charge is 0.345 e. The van der Waals surface area contributed by atoms with E-state index in [-0.39, 0.29) is 11.7 Å². The minimum absolute atomic E-state index is 0.0672. The molecule has 1 amide bonds. The highest BCUT2D eigenvalue weighted by Crippen LogP contribution is 2.19. The lowest BCUT2D eigenvalue weighted by molar-refractivity contribution is 0.0947. The van der Waals surface area contributed by atoms with Crippen molar-refractivity contribution < 1.29 is 13.2 Å². The molecular formula is C12H12BrNO3S. The molecule has 96 valence electrons. The average molecular weight is 330 g/mol. The second kappa shape index (κ2) is 4.85. The zero-order valence-corrected chi connectivity index (χ0v) is 12.1. The Morgan fingerprint density at radius 1 is 1.44 bits per heavy atom. The van der Waals surface area contributed by atoms with Gasteiger partial charge in [-0.25, -0.2) is 8.42 Å². The van der Waals surface area contributed by atoms with Crippen LogP contribution in [0.15, 0.2) is 34.2 Å². The minimum atomic E-state index is -3.15. The van der Waals surface area contributed by atoms with E-state index in [1.54, 1.807) is 6.07 Å². The molecule has 1 aromatic rings. The molecule has 0 spiro atoms. The topological polar surface area (TPSA) is 63.2 Å². The van der Waals surface area contributed by atoms with E-state index < -0.39 is 15.9 Å². The predicted molar refractivity (Wildman–Crippen MR) is 73.1 cm³/mol. The van der Waals surface area contributed by atoms with Gasteiger partial charge in [-0.3, -0.25) is 4.79 Å². The highest BCUT2D eigenvalue weighted by atomic mass is 79.9. The van der Waals surface area contributed by atoms with Crippen LogP contribution in [0.1, 0.15) is 15.9 Å². The van der Waals surface area contributed by atoms with E-state index >= 15 is 0 Å². The number of benzene rings is 1. The number of nitrogens with one attached hydrogen (secondary N) is 1. The lowest BCUT2D eigenvalue weighted by Crippen LogP contribution is -2.35. The van der Waals surface area contributed by atoms with E-state index in [1.165, 1.54) is 6.08 Å². The standard InChI is InChI=1S/C12H12BrNO3S/c1-8-2-3-10(11(13)6-8)12(15)14-9-4-5-18(16,17)7-9/h2-6,9H,7H2,1H3,(H,14,15). The highest BCUT2D eigenvalue weighted by Gasteiger charge is 2.23. The van der Waals surface area contributed by atoms with Crippen molar-refractivity contribution in [3.8, 4) is 0 Å². The van der Waals surface area contributed by atoms with Gasteiger partial charge in [0.2, 0.25) is 0 Å². The second-order valence-corrected chi connectivity index (χ2v) is 7.01. The molecule has 1 aliphatic rings. The Balaban J connectivity index is 2.12. The normalized spacial score (nSPS) is 20.9. The molecule has 1 heterocycles. The van der Waals surface area contributed by atoms with Gasteiger partial charge in [0.15, 0.2) is 9.84 Å². The minimum Gasteiger partial charge on any atom is -0.345 e. The third-order valence-electron chi connectivity index (χ3n) is 2.62. The molecule has 1 aliphatic heterocycles. The van der Waals surface area contributed by atoms with E-state index in [4.69, 9.17) is 0 Å². The van der Waals surface area contributed by atoms with Crippen LogP contribution in [-0.4, -0.2) is 26.1 Å². The summed E-state index contributed by atoms with van der Waals surface area (Å²) in [5.74, 6) is -0.351. The van der Waals surface area contributed by atoms with E-state index in [2.05, 4.69) is 21.2 Å². The van der Waals surface area contributed by atoms with Crippen LogP contribution in [0.2, 0.25) is 0 Å². The lowest BCUT2D eigenvalue weighted by atomic mass is 10.1. The van der Waals surface area contributed by atoms with Gasteiger partial charge in [-0.15, -0.1) is 0 Å². The molecule has 0 saturated carbocycles. The lowest BCUT2D eigenvalue weighted by Gasteiger charge is -2.11. The average Bonchev–Trinajstić information content (AvgIpc) is 2.57. The van der Waals surface area contributed by atoms with Crippen LogP contribution in [0.25, 0.3) is 0 Å². The molecule has 0 bridgehead atoms. The van der Waals surface area contributed by atoms with E-state index in [0.29, 0.717) is 10.0 Å². The number of hydrogen-bond donors (Lipinski definition) is 1. The fourth-order valence-corrected chi connectivity index (χ4v) is 3.62. The van der Waals surface area contributed by atoms with Crippen LogP contribution in [0.5, 0.6) is 0 Å². The molecule has 4 nitrogen and oxygen atoms in total. The molecule has 0 radical (unpaired) electrons. The number of halogens is 1. The SMILES string of the molecule is Cc1ccc(C(=O)NC2C=CS(=O)(=O)C2)c(Br)c1. The van der Waals surface area contributed by atoms with Gasteiger partial charge in [0.05, 0.1) is 17.4 Å². The van der Waals surface area contributed by atoms with Crippen LogP contribution in [0, 0.1) is 6.92 Å². The molecule has 0 fully saturated rings. The maximum Gasteiger partial charge on any atom is 0.252 e. The van der Waals surface area contributed by atoms with E-state index in [1.807, 2.05) is 19.1 Å². The summed E-state index contributed by atoms with van der Waals surface area (Å²) in [6.45, 7) is 1.93. The molecule has 0 aliphatic carbocycles. The zero-order valence-electron chi connectivity index (χ0n) is 9.68. The van der Waals surface area contributed by atoms with Crippen molar-refractivity contribution in [2.75, 3.05) is 5.75 Å². The van der Waals surface area contributed by atoms with Crippen LogP contribution in [-0.2, 0) is 9.84 Å². The maximum atomic E-state index is 12.0. The molecule has 6 heteroatoms. The van der Waals surface area contributed by atoms with Crippen molar-refractivity contribution in [3.63, 3.8) is 0 Å². The monoisotopic (exact) mass is 329 g/mol. The molecule has 1 atom stereocenters. The summed E-state index contributed by atoms with van der Waals surface area (Å²) in [5.41, 5.74) is 1.54. The Morgan fingerprint density at radius 3 is 2.72 bits per heavy atom. The van der Waals surface area contributed by atoms with Crippen molar-refractivity contribution >= 4 is 31.7 Å². The van der Waals surface area contributed by atoms with Gasteiger partial charge in [0.25, 0.3) is 5.91 Å². The van der Waals surface area contributed by atoms with E-state index in [0.717, 1.165) is 11.0 Å². The van der Waals surface area contributed by atoms with Crippen LogP contribution >= 0.6 is 15.9 Å². The summed E-state index contributed by atoms with van der Waals surface area (Å²) < 4.78 is 23.1. The fraction of sp³-hybridized carbons (Fsp3) is 0.250. The first kappa shape index (κ1) is 13.3. The molecule has 1 aromatic carbocycles. The number of amides is 1. The van der Waals surface area contributed by atoms with Gasteiger partial charge < -0.3 is 5.32 Å². The van der Waals surface area contributed by atoms with Crippen molar-refractivity contribution in [3.05, 3.63) is 45.3 Å². The number of hydrogen-bond acceptors (Lipinski definition) is 3. The first-order valence-electron chi connectivity index (χ1n) is 5.35. The molecule has 18 heavy (non-hydrogen) atoms. The van der Waals surface area contributed by atoms with Gasteiger partial charge in [0, 0.05) is 9.88 Å². The molecule has 0 aromatic heterocycles. The maximum absolute atomic E-state index is 12.0. The fourth-order valence-electron chi connectivity index (χ4n) is 1.72. The zero-order chi connectivity index (χ0) is 13.3. The number of carbonyl (C=O) groups is 1. The van der Waals surface area contributed by atoms with Crippen molar-refractivity contribution in [2.45, 2.75) is 13.0 Å².